The van der Waals surface area contributed by atoms with Crippen molar-refractivity contribution in [3.63, 3.8) is 0 Å². The van der Waals surface area contributed by atoms with Gasteiger partial charge in [0.25, 0.3) is 0 Å². The second-order valence-corrected chi connectivity index (χ2v) is 13.3. The highest BCUT2D eigenvalue weighted by molar-refractivity contribution is 6.01. The summed E-state index contributed by atoms with van der Waals surface area (Å²) in [5.74, 6) is -4.50. The third kappa shape index (κ3) is 2.70. The average molecular weight is 555 g/mol. The summed E-state index contributed by atoms with van der Waals surface area (Å²) >= 11 is 0. The Morgan fingerprint density at radius 2 is 1.65 bits per heavy atom. The van der Waals surface area contributed by atoms with Gasteiger partial charge in [0.1, 0.15) is 22.6 Å². The van der Waals surface area contributed by atoms with E-state index in [0.29, 0.717) is 18.4 Å². The van der Waals surface area contributed by atoms with Crippen molar-refractivity contribution in [3.05, 3.63) is 48.1 Å². The Morgan fingerprint density at radius 1 is 1.00 bits per heavy atom. The van der Waals surface area contributed by atoms with E-state index < -0.39 is 68.8 Å². The number of carboxylic acid groups (broad SMARTS) is 2. The fourth-order valence-corrected chi connectivity index (χ4v) is 10.1. The molecule has 4 fully saturated rings. The quantitative estimate of drug-likeness (QED) is 0.302. The lowest BCUT2D eigenvalue weighted by Gasteiger charge is -2.59. The second kappa shape index (κ2) is 7.81. The van der Waals surface area contributed by atoms with Crippen molar-refractivity contribution in [2.24, 2.45) is 44.8 Å². The molecule has 214 valence electrons. The van der Waals surface area contributed by atoms with Crippen LogP contribution in [0, 0.1) is 44.8 Å². The van der Waals surface area contributed by atoms with Gasteiger partial charge in [-0.05, 0) is 74.0 Å². The normalized spacial score (nSPS) is 51.6. The molecule has 6 rings (SSSR count). The first-order valence-corrected chi connectivity index (χ1v) is 13.8. The van der Waals surface area contributed by atoms with Crippen LogP contribution >= 0.6 is 0 Å². The van der Waals surface area contributed by atoms with Crippen molar-refractivity contribution in [3.8, 4) is 0 Å². The molecule has 2 N–H and O–H groups in total. The minimum atomic E-state index is -1.90. The van der Waals surface area contributed by atoms with Crippen molar-refractivity contribution in [2.45, 2.75) is 64.8 Å². The number of hydrogen-bond donors (Lipinski definition) is 2. The second-order valence-electron chi connectivity index (χ2n) is 13.3. The molecule has 1 aliphatic heterocycles. The number of ketones is 1. The van der Waals surface area contributed by atoms with Crippen LogP contribution < -0.4 is 0 Å². The van der Waals surface area contributed by atoms with Gasteiger partial charge in [-0.2, -0.15) is 0 Å². The van der Waals surface area contributed by atoms with Crippen LogP contribution in [0.15, 0.2) is 48.1 Å². The van der Waals surface area contributed by atoms with E-state index in [0.717, 1.165) is 0 Å². The zero-order valence-corrected chi connectivity index (χ0v) is 23.3. The molecule has 6 aliphatic rings. The van der Waals surface area contributed by atoms with Crippen LogP contribution in [0.4, 0.5) is 4.39 Å². The zero-order valence-electron chi connectivity index (χ0n) is 23.3. The molecule has 0 bridgehead atoms. The third-order valence-corrected chi connectivity index (χ3v) is 11.9. The fourth-order valence-electron chi connectivity index (χ4n) is 10.1. The van der Waals surface area contributed by atoms with Crippen molar-refractivity contribution in [2.75, 3.05) is 7.11 Å². The first-order valence-electron chi connectivity index (χ1n) is 13.8. The molecule has 0 amide bonds. The van der Waals surface area contributed by atoms with Crippen molar-refractivity contribution >= 4 is 23.7 Å². The number of carboxylic acids is 2. The maximum absolute atomic E-state index is 15.9. The Hall–Kier alpha value is -3.07. The van der Waals surface area contributed by atoms with E-state index in [1.807, 2.05) is 20.8 Å². The molecule has 0 aromatic heterocycles. The van der Waals surface area contributed by atoms with Crippen LogP contribution in [-0.2, 0) is 28.7 Å². The Morgan fingerprint density at radius 3 is 2.23 bits per heavy atom. The fraction of sp³-hybridized carbons (Fsp3) is 0.613. The Bertz CT molecular complexity index is 1360. The Labute approximate surface area is 232 Å². The number of methoxy groups -OCH3 is 1. The number of hydrogen-bond acceptors (Lipinski definition) is 6. The van der Waals surface area contributed by atoms with Gasteiger partial charge in [0.2, 0.25) is 0 Å². The van der Waals surface area contributed by atoms with Gasteiger partial charge in [0, 0.05) is 5.41 Å². The summed E-state index contributed by atoms with van der Waals surface area (Å²) in [6, 6.07) is 0. The van der Waals surface area contributed by atoms with E-state index in [2.05, 4.69) is 0 Å². The number of carbonyl (C=O) groups is 4. The third-order valence-electron chi connectivity index (χ3n) is 11.9. The number of aliphatic carboxylic acids is 2. The monoisotopic (exact) mass is 554 g/mol. The van der Waals surface area contributed by atoms with Crippen LogP contribution in [0.3, 0.4) is 0 Å². The molecule has 0 radical (unpaired) electrons. The van der Waals surface area contributed by atoms with Crippen LogP contribution in [0.2, 0.25) is 0 Å². The minimum Gasteiger partial charge on any atom is -0.480 e. The number of allylic oxidation sites excluding steroid dienone is 2. The van der Waals surface area contributed by atoms with Crippen LogP contribution in [-0.4, -0.2) is 58.9 Å². The summed E-state index contributed by atoms with van der Waals surface area (Å²) in [6.07, 6.45) is 9.11. The Balaban J connectivity index is 1.54. The number of alkyl halides is 1. The molecule has 9 heteroatoms. The molecule has 9 atom stereocenters. The first-order chi connectivity index (χ1) is 18.6. The maximum Gasteiger partial charge on any atom is 0.318 e. The van der Waals surface area contributed by atoms with Gasteiger partial charge in [0.05, 0.1) is 18.6 Å². The van der Waals surface area contributed by atoms with Gasteiger partial charge in [-0.15, -0.1) is 0 Å². The minimum absolute atomic E-state index is 0.103. The molecule has 8 nitrogen and oxygen atoms in total. The summed E-state index contributed by atoms with van der Waals surface area (Å²) in [5, 5.41) is 20.6. The highest BCUT2D eigenvalue weighted by Gasteiger charge is 2.86. The number of fused-ring (bicyclic) bond motifs is 3. The number of epoxide rings is 1. The molecule has 1 heterocycles. The summed E-state index contributed by atoms with van der Waals surface area (Å²) in [5.41, 5.74) is -7.14. The molecule has 1 spiro atoms. The summed E-state index contributed by atoms with van der Waals surface area (Å²) < 4.78 is 27.9. The van der Waals surface area contributed by atoms with E-state index >= 15 is 4.39 Å². The summed E-state index contributed by atoms with van der Waals surface area (Å²) in [7, 11) is 1.24. The van der Waals surface area contributed by atoms with Crippen LogP contribution in [0.25, 0.3) is 0 Å². The standard InChI is InChI=1S/C31H35FO8/c1-16-12-18-19-14-21(32)20-13-17(33)6-7-27(20,3)31(19)22(40-31)15-28(18,4)30(16,25(38)39-5)29(24(36)37)10-8-26(2,9-11-29)23(34)35/h6-11,13,16,18-19,21-22H,12,14-15H2,1-5H3,(H,34,35)(H,36,37)/t16-,18?,19?,21+,22+,26?,27+,28+,29?,30-,31-/m1/s1. The lowest BCUT2D eigenvalue weighted by Crippen LogP contribution is -2.65. The largest absolute Gasteiger partial charge is 0.480 e. The van der Waals surface area contributed by atoms with Gasteiger partial charge in [-0.1, -0.05) is 44.2 Å². The predicted octanol–water partition coefficient (Wildman–Crippen LogP) is 4.07. The van der Waals surface area contributed by atoms with E-state index in [9.17, 15) is 29.4 Å². The summed E-state index contributed by atoms with van der Waals surface area (Å²) in [6.45, 7) is 7.13. The number of ether oxygens (including phenoxy) is 2. The molecule has 40 heavy (non-hydrogen) atoms. The smallest absolute Gasteiger partial charge is 0.318 e. The highest BCUT2D eigenvalue weighted by Crippen LogP contribution is 2.81. The maximum atomic E-state index is 15.9. The summed E-state index contributed by atoms with van der Waals surface area (Å²) in [4.78, 5) is 51.6. The number of halogens is 1. The highest BCUT2D eigenvalue weighted by atomic mass is 19.1. The van der Waals surface area contributed by atoms with Crippen molar-refractivity contribution in [1.29, 1.82) is 0 Å². The van der Waals surface area contributed by atoms with Crippen molar-refractivity contribution in [1.82, 2.24) is 0 Å². The molecule has 0 aromatic rings. The SMILES string of the molecule is COC(=O)[C@]1(C2(C(=O)O)C=CC(C)(C(=O)O)C=C2)[C@H](C)CC2C3C[C@H](F)C4=CC(=O)C=C[C@]4(C)[C@@]34O[C@H]4C[C@@]21C. The predicted molar refractivity (Wildman–Crippen MR) is 139 cm³/mol. The Kier molecular flexibility index (Phi) is 5.29. The lowest BCUT2D eigenvalue weighted by molar-refractivity contribution is -0.189. The van der Waals surface area contributed by atoms with Crippen molar-refractivity contribution < 1.29 is 43.3 Å². The van der Waals surface area contributed by atoms with E-state index in [1.54, 1.807) is 6.08 Å². The van der Waals surface area contributed by atoms with E-state index in [-0.39, 0.29) is 24.0 Å². The molecule has 2 unspecified atom stereocenters. The molecular weight excluding hydrogens is 519 g/mol. The van der Waals surface area contributed by atoms with E-state index in [4.69, 9.17) is 9.47 Å². The van der Waals surface area contributed by atoms with Gasteiger partial charge in [-0.3, -0.25) is 19.2 Å². The van der Waals surface area contributed by atoms with Gasteiger partial charge in [0.15, 0.2) is 5.78 Å². The topological polar surface area (TPSA) is 131 Å². The van der Waals surface area contributed by atoms with E-state index in [1.165, 1.54) is 50.5 Å². The first kappa shape index (κ1) is 27.1. The van der Waals surface area contributed by atoms with Crippen LogP contribution in [0.1, 0.15) is 47.0 Å². The number of carbonyl (C=O) groups excluding carboxylic acids is 2. The number of esters is 1. The van der Waals surface area contributed by atoms with Gasteiger partial charge in [-0.25, -0.2) is 4.39 Å². The average Bonchev–Trinajstić information content (AvgIpc) is 3.57. The molecule has 5 aliphatic carbocycles. The van der Waals surface area contributed by atoms with Gasteiger partial charge >= 0.3 is 17.9 Å². The molecule has 1 saturated heterocycles. The zero-order chi connectivity index (χ0) is 29.3. The number of rotatable bonds is 4. The molecular formula is C31H35FO8. The molecule has 3 saturated carbocycles. The van der Waals surface area contributed by atoms with Gasteiger partial charge < -0.3 is 19.7 Å². The lowest BCUT2D eigenvalue weighted by atomic mass is 9.41. The van der Waals surface area contributed by atoms with Crippen LogP contribution in [0.5, 0.6) is 0 Å². The molecule has 0 aromatic carbocycles.